The molecule has 0 aliphatic heterocycles. The van der Waals surface area contributed by atoms with E-state index in [4.69, 9.17) is 23.8 Å². The van der Waals surface area contributed by atoms with Crippen LogP contribution in [0.2, 0.25) is 0 Å². The van der Waals surface area contributed by atoms with Gasteiger partial charge in [0.15, 0.2) is 17.5 Å². The van der Waals surface area contributed by atoms with E-state index < -0.39 is 0 Å². The minimum Gasteiger partial charge on any atom is -0.456 e. The molecule has 54 heavy (non-hydrogen) atoms. The molecule has 3 aromatic heterocycles. The summed E-state index contributed by atoms with van der Waals surface area (Å²) in [5, 5.41) is 4.32. The zero-order valence-corrected chi connectivity index (χ0v) is 29.2. The van der Waals surface area contributed by atoms with Gasteiger partial charge in [-0.1, -0.05) is 127 Å². The first-order valence-corrected chi connectivity index (χ1v) is 18.3. The van der Waals surface area contributed by atoms with Crippen molar-refractivity contribution in [2.24, 2.45) is 0 Å². The smallest absolute Gasteiger partial charge is 0.164 e. The summed E-state index contributed by atoms with van der Waals surface area (Å²) in [6.07, 6.45) is 6.66. The molecule has 0 radical (unpaired) electrons. The Morgan fingerprint density at radius 2 is 0.963 bits per heavy atom. The van der Waals surface area contributed by atoms with Gasteiger partial charge in [-0.3, -0.25) is 0 Å². The van der Waals surface area contributed by atoms with Crippen LogP contribution in [0.1, 0.15) is 17.5 Å². The Morgan fingerprint density at radius 3 is 1.67 bits per heavy atom. The van der Waals surface area contributed by atoms with Gasteiger partial charge >= 0.3 is 0 Å². The highest BCUT2D eigenvalue weighted by atomic mass is 16.3. The van der Waals surface area contributed by atoms with Crippen molar-refractivity contribution >= 4 is 50.0 Å². The normalized spacial score (nSPS) is 12.6. The second-order valence-electron chi connectivity index (χ2n) is 13.9. The predicted octanol–water partition coefficient (Wildman–Crippen LogP) is 13.0. The molecular formula is C49H31N3O2. The van der Waals surface area contributed by atoms with E-state index in [1.165, 1.54) is 16.5 Å². The summed E-state index contributed by atoms with van der Waals surface area (Å²) in [7, 11) is 0. The molecule has 7 aromatic carbocycles. The molecule has 0 saturated carbocycles. The summed E-state index contributed by atoms with van der Waals surface area (Å²) in [5.41, 5.74) is 13.2. The lowest BCUT2D eigenvalue weighted by molar-refractivity contribution is 0.668. The van der Waals surface area contributed by atoms with E-state index in [-0.39, 0.29) is 0 Å². The average molecular weight is 694 g/mol. The largest absolute Gasteiger partial charge is 0.456 e. The van der Waals surface area contributed by atoms with Crippen LogP contribution in [0.15, 0.2) is 167 Å². The fourth-order valence-electron chi connectivity index (χ4n) is 7.94. The third-order valence-corrected chi connectivity index (χ3v) is 10.6. The Balaban J connectivity index is 1.02. The van der Waals surface area contributed by atoms with Crippen LogP contribution in [0.25, 0.3) is 106 Å². The van der Waals surface area contributed by atoms with Gasteiger partial charge in [0.2, 0.25) is 0 Å². The number of hydrogen-bond donors (Lipinski definition) is 0. The molecule has 5 heteroatoms. The van der Waals surface area contributed by atoms with E-state index in [1.807, 2.05) is 48.5 Å². The number of aryl methyl sites for hydroxylation is 1. The van der Waals surface area contributed by atoms with Gasteiger partial charge in [-0.2, -0.15) is 0 Å². The molecule has 10 aromatic rings. The molecule has 0 spiro atoms. The van der Waals surface area contributed by atoms with Gasteiger partial charge in [0.1, 0.15) is 22.3 Å². The van der Waals surface area contributed by atoms with Crippen LogP contribution in [0, 0.1) is 0 Å². The number of furan rings is 2. The molecule has 0 fully saturated rings. The number of fused-ring (bicyclic) bond motifs is 8. The summed E-state index contributed by atoms with van der Waals surface area (Å²) < 4.78 is 13.0. The molecule has 11 rings (SSSR count). The first-order chi connectivity index (χ1) is 26.7. The van der Waals surface area contributed by atoms with Crippen LogP contribution < -0.4 is 0 Å². The Morgan fingerprint density at radius 1 is 0.407 bits per heavy atom. The van der Waals surface area contributed by atoms with Crippen molar-refractivity contribution < 1.29 is 8.83 Å². The molecule has 0 N–H and O–H groups in total. The third-order valence-electron chi connectivity index (χ3n) is 10.6. The van der Waals surface area contributed by atoms with Crippen molar-refractivity contribution in [3.8, 4) is 56.4 Å². The van der Waals surface area contributed by atoms with Gasteiger partial charge in [-0.25, -0.2) is 15.0 Å². The number of rotatable bonds is 5. The minimum atomic E-state index is 0.593. The second kappa shape index (κ2) is 12.2. The molecule has 254 valence electrons. The van der Waals surface area contributed by atoms with Crippen LogP contribution in [-0.4, -0.2) is 15.0 Å². The van der Waals surface area contributed by atoms with Gasteiger partial charge in [0.25, 0.3) is 0 Å². The summed E-state index contributed by atoms with van der Waals surface area (Å²) in [6.45, 7) is 0. The first-order valence-electron chi connectivity index (χ1n) is 18.3. The van der Waals surface area contributed by atoms with E-state index >= 15 is 0 Å². The Bertz CT molecular complexity index is 3090. The lowest BCUT2D eigenvalue weighted by atomic mass is 9.93. The molecule has 0 unspecified atom stereocenters. The maximum Gasteiger partial charge on any atom is 0.164 e. The van der Waals surface area contributed by atoms with Crippen LogP contribution >= 0.6 is 0 Å². The van der Waals surface area contributed by atoms with Crippen LogP contribution in [0.4, 0.5) is 0 Å². The summed E-state index contributed by atoms with van der Waals surface area (Å²) in [5.74, 6) is 1.83. The van der Waals surface area contributed by atoms with Crippen molar-refractivity contribution in [1.82, 2.24) is 15.0 Å². The number of hydrogen-bond acceptors (Lipinski definition) is 5. The first kappa shape index (κ1) is 30.5. The summed E-state index contributed by atoms with van der Waals surface area (Å²) in [6, 6.07) is 52.2. The van der Waals surface area contributed by atoms with E-state index in [9.17, 15) is 0 Å². The van der Waals surface area contributed by atoms with Gasteiger partial charge in [-0.15, -0.1) is 0 Å². The van der Waals surface area contributed by atoms with Crippen molar-refractivity contribution in [3.63, 3.8) is 0 Å². The highest BCUT2D eigenvalue weighted by Crippen LogP contribution is 2.41. The highest BCUT2D eigenvalue weighted by molar-refractivity contribution is 6.13. The monoisotopic (exact) mass is 693 g/mol. The SMILES string of the molecule is C1=Cc2c(ccc3oc4cc(-c5ccc6c(c5)oc5cccc(-c7nc(-c8ccccc8)nc(-c8ccc(-c9ccccc9)cc8)n7)c56)ccc4c23)CC1. The second-order valence-corrected chi connectivity index (χ2v) is 13.9. The van der Waals surface area contributed by atoms with E-state index in [0.717, 1.165) is 90.3 Å². The van der Waals surface area contributed by atoms with Crippen LogP contribution in [0.5, 0.6) is 0 Å². The molecule has 0 atom stereocenters. The van der Waals surface area contributed by atoms with Crippen molar-refractivity contribution in [3.05, 3.63) is 169 Å². The quantitative estimate of drug-likeness (QED) is 0.179. The number of aromatic nitrogens is 3. The van der Waals surface area contributed by atoms with Gasteiger partial charge in [0.05, 0.1) is 0 Å². The Hall–Kier alpha value is -7.11. The zero-order valence-electron chi connectivity index (χ0n) is 29.2. The van der Waals surface area contributed by atoms with Crippen LogP contribution in [-0.2, 0) is 6.42 Å². The number of benzene rings is 7. The van der Waals surface area contributed by atoms with Gasteiger partial charge in [0, 0.05) is 38.2 Å². The predicted molar refractivity (Wildman–Crippen MR) is 219 cm³/mol. The lowest BCUT2D eigenvalue weighted by Crippen LogP contribution is -2.00. The molecule has 0 saturated heterocycles. The van der Waals surface area contributed by atoms with Crippen molar-refractivity contribution in [2.75, 3.05) is 0 Å². The third kappa shape index (κ3) is 5.05. The summed E-state index contributed by atoms with van der Waals surface area (Å²) >= 11 is 0. The zero-order chi connectivity index (χ0) is 35.6. The van der Waals surface area contributed by atoms with Gasteiger partial charge in [-0.05, 0) is 82.6 Å². The molecule has 1 aliphatic carbocycles. The molecular weight excluding hydrogens is 663 g/mol. The molecule has 0 bridgehead atoms. The van der Waals surface area contributed by atoms with Crippen molar-refractivity contribution in [2.45, 2.75) is 12.8 Å². The van der Waals surface area contributed by atoms with Gasteiger partial charge < -0.3 is 8.83 Å². The molecule has 5 nitrogen and oxygen atoms in total. The fraction of sp³-hybridized carbons (Fsp3) is 0.0408. The molecule has 3 heterocycles. The highest BCUT2D eigenvalue weighted by Gasteiger charge is 2.20. The standard InChI is InChI=1S/C49H31N3O2/c1-3-10-30(11-4-1)31-18-20-34(21-19-31)48-50-47(33-13-5-2-6-14-33)51-49(52-48)40-16-9-17-41-46(40)39-26-23-36(29-44(39)53-41)35-22-25-38-43(28-35)54-42-27-24-32-12-7-8-15-37(32)45(38)42/h1-6,8-11,13-29H,7,12H2. The minimum absolute atomic E-state index is 0.593. The average Bonchev–Trinajstić information content (AvgIpc) is 3.82. The van der Waals surface area contributed by atoms with E-state index in [2.05, 4.69) is 115 Å². The van der Waals surface area contributed by atoms with E-state index in [1.54, 1.807) is 0 Å². The Kier molecular flexibility index (Phi) is 6.92. The topological polar surface area (TPSA) is 65.0 Å². The van der Waals surface area contributed by atoms with E-state index in [0.29, 0.717) is 17.5 Å². The maximum absolute atomic E-state index is 6.56. The molecule has 0 amide bonds. The fourth-order valence-corrected chi connectivity index (χ4v) is 7.94. The maximum atomic E-state index is 6.56. The number of allylic oxidation sites excluding steroid dienone is 1. The number of nitrogens with zero attached hydrogens (tertiary/aromatic N) is 3. The lowest BCUT2D eigenvalue weighted by Gasteiger charge is -2.10. The van der Waals surface area contributed by atoms with Crippen LogP contribution in [0.3, 0.4) is 0 Å². The Labute approximate surface area is 310 Å². The van der Waals surface area contributed by atoms with Crippen molar-refractivity contribution in [1.29, 1.82) is 0 Å². The molecule has 1 aliphatic rings. The summed E-state index contributed by atoms with van der Waals surface area (Å²) in [4.78, 5) is 15.1.